The zero-order valence-electron chi connectivity index (χ0n) is 17.1. The number of amides is 1. The molecule has 1 amide bonds. The molecule has 1 atom stereocenters. The molecule has 148 valence electrons. The number of anilines is 2. The van der Waals surface area contributed by atoms with Crippen LogP contribution in [0.2, 0.25) is 0 Å². The normalized spacial score (nSPS) is 17.1. The fourth-order valence-electron chi connectivity index (χ4n) is 4.55. The molecule has 2 aliphatic heterocycles. The smallest absolute Gasteiger partial charge is 0.251 e. The van der Waals surface area contributed by atoms with Gasteiger partial charge in [-0.25, -0.2) is 0 Å². The minimum Gasteiger partial charge on any atom is -0.352 e. The molecule has 4 nitrogen and oxygen atoms in total. The first kappa shape index (κ1) is 19.0. The maximum Gasteiger partial charge on any atom is 0.251 e. The summed E-state index contributed by atoms with van der Waals surface area (Å²) in [5, 5.41) is 3.01. The Morgan fingerprint density at radius 2 is 1.82 bits per heavy atom. The van der Waals surface area contributed by atoms with Crippen molar-refractivity contribution in [3.05, 3.63) is 59.2 Å². The fourth-order valence-corrected chi connectivity index (χ4v) is 4.55. The maximum absolute atomic E-state index is 12.6. The Kier molecular flexibility index (Phi) is 5.67. The molecule has 2 heterocycles. The average molecular weight is 378 g/mol. The van der Waals surface area contributed by atoms with Gasteiger partial charge in [0.2, 0.25) is 0 Å². The van der Waals surface area contributed by atoms with E-state index in [4.69, 9.17) is 0 Å². The van der Waals surface area contributed by atoms with Crippen LogP contribution in [0.1, 0.15) is 54.6 Å². The highest BCUT2D eigenvalue weighted by molar-refractivity contribution is 5.96. The number of nitrogens with zero attached hydrogens (tertiary/aromatic N) is 2. The molecular weight excluding hydrogens is 346 g/mol. The van der Waals surface area contributed by atoms with Gasteiger partial charge in [-0.3, -0.25) is 4.79 Å². The summed E-state index contributed by atoms with van der Waals surface area (Å²) in [6, 6.07) is 15.3. The van der Waals surface area contributed by atoms with Gasteiger partial charge in [0.25, 0.3) is 5.91 Å². The number of likely N-dealkylation sites (tertiary alicyclic amines) is 1. The molecule has 2 aliphatic rings. The molecule has 0 spiro atoms. The summed E-state index contributed by atoms with van der Waals surface area (Å²) >= 11 is 0. The monoisotopic (exact) mass is 377 g/mol. The molecule has 0 radical (unpaired) electrons. The van der Waals surface area contributed by atoms with Crippen LogP contribution in [0.25, 0.3) is 0 Å². The zero-order valence-corrected chi connectivity index (χ0v) is 17.1. The molecule has 2 aromatic carbocycles. The van der Waals surface area contributed by atoms with Crippen LogP contribution >= 0.6 is 0 Å². The Hall–Kier alpha value is -2.33. The van der Waals surface area contributed by atoms with Crippen LogP contribution in [0.3, 0.4) is 0 Å². The number of carbonyl (C=O) groups is 1. The van der Waals surface area contributed by atoms with Crippen LogP contribution in [-0.4, -0.2) is 43.0 Å². The van der Waals surface area contributed by atoms with E-state index in [1.54, 1.807) is 0 Å². The van der Waals surface area contributed by atoms with Crippen LogP contribution < -0.4 is 10.2 Å². The summed E-state index contributed by atoms with van der Waals surface area (Å²) in [6.07, 6.45) is 4.49. The predicted molar refractivity (Wildman–Crippen MR) is 116 cm³/mol. The summed E-state index contributed by atoms with van der Waals surface area (Å²) in [5.74, 6) is 0.0238. The van der Waals surface area contributed by atoms with Crippen molar-refractivity contribution in [3.63, 3.8) is 0 Å². The Labute approximate surface area is 168 Å². The van der Waals surface area contributed by atoms with Gasteiger partial charge in [0, 0.05) is 42.5 Å². The molecular formula is C24H31N3O. The first-order chi connectivity index (χ1) is 13.7. The number of nitrogens with one attached hydrogen (secondary N) is 1. The first-order valence-corrected chi connectivity index (χ1v) is 10.7. The number of carbonyl (C=O) groups excluding carboxylic acids is 1. The van der Waals surface area contributed by atoms with Crippen molar-refractivity contribution in [2.75, 3.05) is 31.1 Å². The lowest BCUT2D eigenvalue weighted by atomic mass is 9.93. The van der Waals surface area contributed by atoms with E-state index in [9.17, 15) is 4.79 Å². The number of para-hydroxylation sites is 1. The SMILES string of the molecule is CCCNC(=O)c1ccc2c(c1)N(C(C)CN1CCCC1)c1ccccc1C2. The molecule has 0 aromatic heterocycles. The van der Waals surface area contributed by atoms with Gasteiger partial charge in [0.05, 0.1) is 0 Å². The number of fused-ring (bicyclic) bond motifs is 2. The van der Waals surface area contributed by atoms with Gasteiger partial charge in [0.15, 0.2) is 0 Å². The van der Waals surface area contributed by atoms with Gasteiger partial charge >= 0.3 is 0 Å². The summed E-state index contributed by atoms with van der Waals surface area (Å²) in [7, 11) is 0. The lowest BCUT2D eigenvalue weighted by Gasteiger charge is -2.39. The average Bonchev–Trinajstić information content (AvgIpc) is 3.22. The van der Waals surface area contributed by atoms with Crippen LogP contribution in [0.5, 0.6) is 0 Å². The van der Waals surface area contributed by atoms with Gasteiger partial charge in [0.1, 0.15) is 0 Å². The Morgan fingerprint density at radius 3 is 2.61 bits per heavy atom. The van der Waals surface area contributed by atoms with Gasteiger partial charge in [-0.05, 0) is 68.6 Å². The Balaban J connectivity index is 1.68. The minimum absolute atomic E-state index is 0.0238. The number of hydrogen-bond acceptors (Lipinski definition) is 3. The summed E-state index contributed by atoms with van der Waals surface area (Å²) in [4.78, 5) is 17.6. The summed E-state index contributed by atoms with van der Waals surface area (Å²) < 4.78 is 0. The minimum atomic E-state index is 0.0238. The highest BCUT2D eigenvalue weighted by atomic mass is 16.1. The number of benzene rings is 2. The molecule has 1 saturated heterocycles. The fraction of sp³-hybridized carbons (Fsp3) is 0.458. The van der Waals surface area contributed by atoms with Gasteiger partial charge in [-0.1, -0.05) is 31.2 Å². The summed E-state index contributed by atoms with van der Waals surface area (Å²) in [5.41, 5.74) is 5.90. The van der Waals surface area contributed by atoms with E-state index < -0.39 is 0 Å². The third kappa shape index (κ3) is 3.79. The van der Waals surface area contributed by atoms with E-state index in [1.807, 2.05) is 6.07 Å². The molecule has 1 unspecified atom stereocenters. The standard InChI is InChI=1S/C24H31N3O/c1-3-12-25-24(28)21-11-10-20-15-19-8-4-5-9-22(19)27(23(20)16-21)18(2)17-26-13-6-7-14-26/h4-5,8-11,16,18H,3,6-7,12-15,17H2,1-2H3,(H,25,28). The largest absolute Gasteiger partial charge is 0.352 e. The molecule has 0 aliphatic carbocycles. The molecule has 0 saturated carbocycles. The van der Waals surface area contributed by atoms with Crippen molar-refractivity contribution in [2.24, 2.45) is 0 Å². The van der Waals surface area contributed by atoms with Gasteiger partial charge in [-0.15, -0.1) is 0 Å². The molecule has 4 heteroatoms. The predicted octanol–water partition coefficient (Wildman–Crippen LogP) is 4.35. The highest BCUT2D eigenvalue weighted by Gasteiger charge is 2.28. The second-order valence-electron chi connectivity index (χ2n) is 8.13. The van der Waals surface area contributed by atoms with Crippen LogP contribution in [0.4, 0.5) is 11.4 Å². The molecule has 0 bridgehead atoms. The van der Waals surface area contributed by atoms with Crippen molar-refractivity contribution in [2.45, 2.75) is 45.6 Å². The lowest BCUT2D eigenvalue weighted by Crippen LogP contribution is -2.41. The van der Waals surface area contributed by atoms with Crippen LogP contribution in [0.15, 0.2) is 42.5 Å². The van der Waals surface area contributed by atoms with E-state index in [0.717, 1.165) is 24.9 Å². The Bertz CT molecular complexity index is 841. The third-order valence-corrected chi connectivity index (χ3v) is 5.94. The number of rotatable bonds is 6. The van der Waals surface area contributed by atoms with Crippen LogP contribution in [-0.2, 0) is 6.42 Å². The van der Waals surface area contributed by atoms with Crippen molar-refractivity contribution < 1.29 is 4.79 Å². The molecule has 4 rings (SSSR count). The number of hydrogen-bond donors (Lipinski definition) is 1. The van der Waals surface area contributed by atoms with E-state index in [1.165, 1.54) is 48.4 Å². The van der Waals surface area contributed by atoms with Gasteiger partial charge in [-0.2, -0.15) is 0 Å². The van der Waals surface area contributed by atoms with Crippen molar-refractivity contribution in [1.29, 1.82) is 0 Å². The first-order valence-electron chi connectivity index (χ1n) is 10.7. The quantitative estimate of drug-likeness (QED) is 0.813. The topological polar surface area (TPSA) is 35.6 Å². The maximum atomic E-state index is 12.6. The highest BCUT2D eigenvalue weighted by Crippen LogP contribution is 2.40. The molecule has 28 heavy (non-hydrogen) atoms. The van der Waals surface area contributed by atoms with E-state index >= 15 is 0 Å². The van der Waals surface area contributed by atoms with E-state index in [-0.39, 0.29) is 5.91 Å². The van der Waals surface area contributed by atoms with Crippen LogP contribution in [0, 0.1) is 0 Å². The van der Waals surface area contributed by atoms with Crippen molar-refractivity contribution in [1.82, 2.24) is 10.2 Å². The van der Waals surface area contributed by atoms with E-state index in [2.05, 4.69) is 65.4 Å². The second kappa shape index (κ2) is 8.36. The lowest BCUT2D eigenvalue weighted by molar-refractivity contribution is 0.0953. The Morgan fingerprint density at radius 1 is 1.07 bits per heavy atom. The van der Waals surface area contributed by atoms with Gasteiger partial charge < -0.3 is 15.1 Å². The van der Waals surface area contributed by atoms with E-state index in [0.29, 0.717) is 12.6 Å². The van der Waals surface area contributed by atoms with Crippen molar-refractivity contribution >= 4 is 17.3 Å². The third-order valence-electron chi connectivity index (χ3n) is 5.94. The molecule has 1 fully saturated rings. The zero-order chi connectivity index (χ0) is 19.5. The van der Waals surface area contributed by atoms with Crippen molar-refractivity contribution in [3.8, 4) is 0 Å². The molecule has 2 aromatic rings. The second-order valence-corrected chi connectivity index (χ2v) is 8.13. The summed E-state index contributed by atoms with van der Waals surface area (Å²) in [6.45, 7) is 8.56. The molecule has 1 N–H and O–H groups in total.